The van der Waals surface area contributed by atoms with Gasteiger partial charge in [-0.3, -0.25) is 14.2 Å². The molecular formula is C24H26N4O4. The van der Waals surface area contributed by atoms with Crippen molar-refractivity contribution in [2.75, 3.05) is 19.7 Å². The van der Waals surface area contributed by atoms with Gasteiger partial charge in [0.25, 0.3) is 11.5 Å². The van der Waals surface area contributed by atoms with Gasteiger partial charge < -0.3 is 14.4 Å². The van der Waals surface area contributed by atoms with Gasteiger partial charge in [0.15, 0.2) is 23.8 Å². The Morgan fingerprint density at radius 2 is 2.00 bits per heavy atom. The molecular weight excluding hydrogens is 408 g/mol. The highest BCUT2D eigenvalue weighted by molar-refractivity contribution is 5.78. The van der Waals surface area contributed by atoms with E-state index in [1.54, 1.807) is 34.1 Å². The average Bonchev–Trinajstić information content (AvgIpc) is 3.12. The first-order valence-corrected chi connectivity index (χ1v) is 10.9. The molecule has 1 amide bonds. The zero-order valence-electron chi connectivity index (χ0n) is 18.3. The Labute approximate surface area is 185 Å². The fourth-order valence-corrected chi connectivity index (χ4v) is 4.56. The number of carbonyl (C=O) groups is 1. The van der Waals surface area contributed by atoms with E-state index in [0.717, 1.165) is 17.7 Å². The third-order valence-electron chi connectivity index (χ3n) is 6.17. The van der Waals surface area contributed by atoms with Crippen molar-refractivity contribution >= 4 is 16.9 Å². The molecule has 3 aromatic rings. The van der Waals surface area contributed by atoms with Gasteiger partial charge in [-0.1, -0.05) is 12.1 Å². The van der Waals surface area contributed by atoms with E-state index >= 15 is 0 Å². The molecule has 32 heavy (non-hydrogen) atoms. The molecule has 1 saturated heterocycles. The Bertz CT molecular complexity index is 1230. The van der Waals surface area contributed by atoms with Crippen LogP contribution in [0.5, 0.6) is 11.5 Å². The maximum absolute atomic E-state index is 12.8. The van der Waals surface area contributed by atoms with Crippen LogP contribution in [-0.2, 0) is 11.2 Å². The first-order chi connectivity index (χ1) is 15.4. The number of piperidine rings is 1. The van der Waals surface area contributed by atoms with Gasteiger partial charge in [0.2, 0.25) is 0 Å². The number of carbonyl (C=O) groups excluding carboxylic acids is 1. The van der Waals surface area contributed by atoms with E-state index in [9.17, 15) is 9.59 Å². The molecule has 8 nitrogen and oxygen atoms in total. The second-order valence-corrected chi connectivity index (χ2v) is 9.02. The summed E-state index contributed by atoms with van der Waals surface area (Å²) in [5.74, 6) is 1.28. The summed E-state index contributed by atoms with van der Waals surface area (Å²) in [4.78, 5) is 35.8. The normalized spacial score (nSPS) is 17.8. The zero-order valence-corrected chi connectivity index (χ0v) is 18.3. The smallest absolute Gasteiger partial charge is 0.263 e. The summed E-state index contributed by atoms with van der Waals surface area (Å²) in [5, 5.41) is 0.516. The summed E-state index contributed by atoms with van der Waals surface area (Å²) < 4.78 is 13.5. The van der Waals surface area contributed by atoms with E-state index in [0.29, 0.717) is 42.7 Å². The molecule has 5 rings (SSSR count). The van der Waals surface area contributed by atoms with Crippen LogP contribution in [0.4, 0.5) is 0 Å². The van der Waals surface area contributed by atoms with Crippen LogP contribution < -0.4 is 15.0 Å². The highest BCUT2D eigenvalue weighted by Crippen LogP contribution is 2.41. The number of hydrogen-bond donors (Lipinski definition) is 0. The van der Waals surface area contributed by atoms with Crippen molar-refractivity contribution in [3.8, 4) is 11.5 Å². The second kappa shape index (κ2) is 7.93. The summed E-state index contributed by atoms with van der Waals surface area (Å²) in [6.07, 6.45) is 5.40. The topological polar surface area (TPSA) is 86.5 Å². The highest BCUT2D eigenvalue weighted by Gasteiger charge is 2.32. The van der Waals surface area contributed by atoms with Crippen LogP contribution in [0, 0.1) is 0 Å². The average molecular weight is 434 g/mol. The first-order valence-electron chi connectivity index (χ1n) is 10.9. The molecule has 0 bridgehead atoms. The molecule has 4 heterocycles. The lowest BCUT2D eigenvalue weighted by molar-refractivity contribution is -0.134. The monoisotopic (exact) mass is 434 g/mol. The lowest BCUT2D eigenvalue weighted by Crippen LogP contribution is -2.42. The van der Waals surface area contributed by atoms with Crippen LogP contribution in [0.25, 0.3) is 11.0 Å². The third-order valence-corrected chi connectivity index (χ3v) is 6.17. The quantitative estimate of drug-likeness (QED) is 0.628. The van der Waals surface area contributed by atoms with Crippen molar-refractivity contribution < 1.29 is 14.3 Å². The number of fused-ring (bicyclic) bond motifs is 2. The minimum Gasteiger partial charge on any atom is -0.483 e. The van der Waals surface area contributed by atoms with Crippen LogP contribution in [0.1, 0.15) is 38.3 Å². The third kappa shape index (κ3) is 3.81. The summed E-state index contributed by atoms with van der Waals surface area (Å²) in [6, 6.07) is 9.30. The van der Waals surface area contributed by atoms with Crippen molar-refractivity contribution in [2.24, 2.45) is 0 Å². The number of pyridine rings is 1. The van der Waals surface area contributed by atoms with Crippen LogP contribution in [0.2, 0.25) is 0 Å². The predicted molar refractivity (Wildman–Crippen MR) is 119 cm³/mol. The van der Waals surface area contributed by atoms with Gasteiger partial charge in [0, 0.05) is 37.3 Å². The standard InChI is InChI=1S/C24H26N4O4/c1-24(2)13-16-5-3-7-19(21(16)32-24)31-14-20(29)27-11-8-17(9-12-27)28-15-26-22-18(23(28)30)6-4-10-25-22/h3-7,10,15,17H,8-9,11-14H2,1-2H3. The largest absolute Gasteiger partial charge is 0.483 e. The Balaban J connectivity index is 1.21. The Morgan fingerprint density at radius 3 is 2.81 bits per heavy atom. The van der Waals surface area contributed by atoms with E-state index < -0.39 is 0 Å². The number of aromatic nitrogens is 3. The Kier molecular flexibility index (Phi) is 5.07. The number of ether oxygens (including phenoxy) is 2. The summed E-state index contributed by atoms with van der Waals surface area (Å²) in [6.45, 7) is 5.19. The molecule has 0 aliphatic carbocycles. The number of benzene rings is 1. The van der Waals surface area contributed by atoms with Gasteiger partial charge in [0.05, 0.1) is 5.39 Å². The van der Waals surface area contributed by atoms with Crippen LogP contribution in [0.3, 0.4) is 0 Å². The molecule has 2 aliphatic rings. The molecule has 166 valence electrons. The molecule has 0 unspecified atom stereocenters. The maximum Gasteiger partial charge on any atom is 0.263 e. The van der Waals surface area contributed by atoms with E-state index in [1.807, 2.05) is 32.0 Å². The summed E-state index contributed by atoms with van der Waals surface area (Å²) in [7, 11) is 0. The van der Waals surface area contributed by atoms with Crippen LogP contribution >= 0.6 is 0 Å². The molecule has 0 spiro atoms. The van der Waals surface area contributed by atoms with E-state index in [2.05, 4.69) is 9.97 Å². The molecule has 1 aromatic carbocycles. The molecule has 0 N–H and O–H groups in total. The fraction of sp³-hybridized carbons (Fsp3) is 0.417. The first kappa shape index (κ1) is 20.5. The molecule has 1 fully saturated rings. The number of nitrogens with zero attached hydrogens (tertiary/aromatic N) is 4. The number of likely N-dealkylation sites (tertiary alicyclic amines) is 1. The van der Waals surface area contributed by atoms with Gasteiger partial charge in [-0.05, 0) is 44.9 Å². The van der Waals surface area contributed by atoms with Gasteiger partial charge >= 0.3 is 0 Å². The minimum absolute atomic E-state index is 0.0117. The number of hydrogen-bond acceptors (Lipinski definition) is 6. The molecule has 0 atom stereocenters. The number of amides is 1. The van der Waals surface area contributed by atoms with Crippen LogP contribution in [-0.4, -0.2) is 50.6 Å². The fourth-order valence-electron chi connectivity index (χ4n) is 4.56. The van der Waals surface area contributed by atoms with E-state index in [4.69, 9.17) is 9.47 Å². The maximum atomic E-state index is 12.8. The Morgan fingerprint density at radius 1 is 1.19 bits per heavy atom. The van der Waals surface area contributed by atoms with Gasteiger partial charge in [-0.15, -0.1) is 0 Å². The summed E-state index contributed by atoms with van der Waals surface area (Å²) >= 11 is 0. The van der Waals surface area contributed by atoms with Crippen molar-refractivity contribution in [1.29, 1.82) is 0 Å². The SMILES string of the molecule is CC1(C)Cc2cccc(OCC(=O)N3CCC(n4cnc5ncccc5c4=O)CC3)c2O1. The number of para-hydroxylation sites is 1. The van der Waals surface area contributed by atoms with Gasteiger partial charge in [0.1, 0.15) is 11.9 Å². The minimum atomic E-state index is -0.264. The number of rotatable bonds is 4. The van der Waals surface area contributed by atoms with Crippen molar-refractivity contribution in [3.05, 3.63) is 58.8 Å². The highest BCUT2D eigenvalue weighted by atomic mass is 16.5. The lowest BCUT2D eigenvalue weighted by Gasteiger charge is -2.32. The molecule has 0 saturated carbocycles. The van der Waals surface area contributed by atoms with Gasteiger partial charge in [-0.25, -0.2) is 9.97 Å². The van der Waals surface area contributed by atoms with Crippen molar-refractivity contribution in [3.63, 3.8) is 0 Å². The molecule has 8 heteroatoms. The van der Waals surface area contributed by atoms with Crippen LogP contribution in [0.15, 0.2) is 47.7 Å². The molecule has 0 radical (unpaired) electrons. The lowest BCUT2D eigenvalue weighted by atomic mass is 10.0. The second-order valence-electron chi connectivity index (χ2n) is 9.02. The predicted octanol–water partition coefficient (Wildman–Crippen LogP) is 2.75. The van der Waals surface area contributed by atoms with E-state index in [-0.39, 0.29) is 29.7 Å². The van der Waals surface area contributed by atoms with Crippen molar-refractivity contribution in [2.45, 2.75) is 44.8 Å². The van der Waals surface area contributed by atoms with Gasteiger partial charge in [-0.2, -0.15) is 0 Å². The molecule has 2 aliphatic heterocycles. The van der Waals surface area contributed by atoms with E-state index in [1.165, 1.54) is 0 Å². The summed E-state index contributed by atoms with van der Waals surface area (Å²) in [5.41, 5.74) is 1.21. The van der Waals surface area contributed by atoms with Crippen molar-refractivity contribution in [1.82, 2.24) is 19.4 Å². The molecule has 2 aromatic heterocycles. The zero-order chi connectivity index (χ0) is 22.3. The Hall–Kier alpha value is -3.42.